The van der Waals surface area contributed by atoms with Crippen LogP contribution in [0, 0.1) is 0 Å². The number of hydrogen-bond donors (Lipinski definition) is 1. The Balaban J connectivity index is 3.09. The van der Waals surface area contributed by atoms with Crippen molar-refractivity contribution in [1.82, 2.24) is 0 Å². The average Bonchev–Trinajstić information content (AvgIpc) is 1.69. The van der Waals surface area contributed by atoms with E-state index in [-0.39, 0.29) is 0 Å². The standard InChI is InChI=1S/C6H10O/c1-2-3-4-5-6-7/h3-7H,2H2,1H3. The quantitative estimate of drug-likeness (QED) is 0.414. The van der Waals surface area contributed by atoms with Gasteiger partial charge in [0, 0.05) is 0 Å². The molecule has 0 aromatic carbocycles. The van der Waals surface area contributed by atoms with Crippen LogP contribution in [0.15, 0.2) is 24.5 Å². The first kappa shape index (κ1) is 6.28. The fourth-order valence-electron chi connectivity index (χ4n) is 0.264. The van der Waals surface area contributed by atoms with Crippen molar-refractivity contribution in [3.8, 4) is 0 Å². The molecule has 1 heteroatoms. The first-order valence-electron chi connectivity index (χ1n) is 2.37. The van der Waals surface area contributed by atoms with Crippen LogP contribution in [0.3, 0.4) is 0 Å². The van der Waals surface area contributed by atoms with Crippen molar-refractivity contribution < 1.29 is 5.11 Å². The molecule has 0 aliphatic heterocycles. The van der Waals surface area contributed by atoms with Gasteiger partial charge in [0.15, 0.2) is 0 Å². The summed E-state index contributed by atoms with van der Waals surface area (Å²) in [6.45, 7) is 2.04. The summed E-state index contributed by atoms with van der Waals surface area (Å²) in [4.78, 5) is 0. The second kappa shape index (κ2) is 5.28. The largest absolute Gasteiger partial charge is 0.516 e. The van der Waals surface area contributed by atoms with Crippen molar-refractivity contribution in [2.75, 3.05) is 0 Å². The third-order valence-electron chi connectivity index (χ3n) is 0.569. The van der Waals surface area contributed by atoms with E-state index < -0.39 is 0 Å². The molecule has 1 N–H and O–H groups in total. The molecule has 0 fully saturated rings. The highest BCUT2D eigenvalue weighted by Crippen LogP contribution is 1.78. The fraction of sp³-hybridized carbons (Fsp3) is 0.333. The van der Waals surface area contributed by atoms with Gasteiger partial charge in [0.1, 0.15) is 0 Å². The lowest BCUT2D eigenvalue weighted by Crippen LogP contribution is -1.50. The van der Waals surface area contributed by atoms with Gasteiger partial charge in [-0.05, 0) is 12.5 Å². The van der Waals surface area contributed by atoms with Gasteiger partial charge in [0.2, 0.25) is 0 Å². The highest BCUT2D eigenvalue weighted by Gasteiger charge is 1.58. The lowest BCUT2D eigenvalue weighted by Gasteiger charge is -1.70. The van der Waals surface area contributed by atoms with Crippen molar-refractivity contribution in [2.45, 2.75) is 13.3 Å². The van der Waals surface area contributed by atoms with Crippen molar-refractivity contribution in [3.05, 3.63) is 24.5 Å². The van der Waals surface area contributed by atoms with E-state index in [9.17, 15) is 0 Å². The van der Waals surface area contributed by atoms with Crippen LogP contribution in [-0.2, 0) is 0 Å². The highest BCUT2D eigenvalue weighted by molar-refractivity contribution is 4.98. The highest BCUT2D eigenvalue weighted by atomic mass is 16.2. The summed E-state index contributed by atoms with van der Waals surface area (Å²) >= 11 is 0. The van der Waals surface area contributed by atoms with E-state index >= 15 is 0 Å². The summed E-state index contributed by atoms with van der Waals surface area (Å²) in [6.07, 6.45) is 7.40. The molecule has 0 spiro atoms. The molecule has 40 valence electrons. The molecular weight excluding hydrogens is 88.1 g/mol. The van der Waals surface area contributed by atoms with E-state index in [0.29, 0.717) is 0 Å². The van der Waals surface area contributed by atoms with Crippen LogP contribution in [0.25, 0.3) is 0 Å². The Labute approximate surface area is 44.0 Å². The Morgan fingerprint density at radius 2 is 2.14 bits per heavy atom. The number of rotatable bonds is 2. The van der Waals surface area contributed by atoms with E-state index in [1.165, 1.54) is 0 Å². The summed E-state index contributed by atoms with van der Waals surface area (Å²) in [5.74, 6) is 0. The number of hydrogen-bond acceptors (Lipinski definition) is 1. The molecule has 0 amide bonds. The van der Waals surface area contributed by atoms with Crippen LogP contribution in [0.4, 0.5) is 0 Å². The van der Waals surface area contributed by atoms with Crippen LogP contribution < -0.4 is 0 Å². The number of aliphatic hydroxyl groups is 1. The zero-order chi connectivity index (χ0) is 5.54. The van der Waals surface area contributed by atoms with Crippen LogP contribution in [0.5, 0.6) is 0 Å². The molecule has 1 nitrogen and oxygen atoms in total. The molecule has 0 unspecified atom stereocenters. The summed E-state index contributed by atoms with van der Waals surface area (Å²) in [7, 11) is 0. The molecule has 0 aromatic rings. The molecule has 0 saturated heterocycles. The number of aliphatic hydroxyl groups excluding tert-OH is 1. The minimum absolute atomic E-state index is 1.02. The Morgan fingerprint density at radius 1 is 1.43 bits per heavy atom. The molecule has 0 aromatic heterocycles. The zero-order valence-corrected chi connectivity index (χ0v) is 4.46. The van der Waals surface area contributed by atoms with Crippen LogP contribution >= 0.6 is 0 Å². The lowest BCUT2D eigenvalue weighted by atomic mass is 10.4. The van der Waals surface area contributed by atoms with Gasteiger partial charge >= 0.3 is 0 Å². The van der Waals surface area contributed by atoms with Crippen LogP contribution in [-0.4, -0.2) is 5.11 Å². The second-order valence-electron chi connectivity index (χ2n) is 1.18. The molecule has 0 heterocycles. The van der Waals surface area contributed by atoms with Crippen LogP contribution in [0.2, 0.25) is 0 Å². The normalized spacial score (nSPS) is 11.6. The Kier molecular flexibility index (Phi) is 4.74. The molecule has 0 radical (unpaired) electrons. The van der Waals surface area contributed by atoms with Gasteiger partial charge in [-0.1, -0.05) is 19.1 Å². The predicted octanol–water partition coefficient (Wildman–Crippen LogP) is 2.02. The Morgan fingerprint density at radius 3 is 2.57 bits per heavy atom. The lowest BCUT2D eigenvalue weighted by molar-refractivity contribution is 0.473. The van der Waals surface area contributed by atoms with E-state index in [1.807, 2.05) is 13.0 Å². The molecule has 7 heavy (non-hydrogen) atoms. The SMILES string of the molecule is CCC=CC=CO. The van der Waals surface area contributed by atoms with Crippen molar-refractivity contribution in [1.29, 1.82) is 0 Å². The van der Waals surface area contributed by atoms with Gasteiger partial charge < -0.3 is 5.11 Å². The molecular formula is C6H10O. The predicted molar refractivity (Wildman–Crippen MR) is 31.2 cm³/mol. The van der Waals surface area contributed by atoms with Crippen LogP contribution in [0.1, 0.15) is 13.3 Å². The topological polar surface area (TPSA) is 20.2 Å². The first-order chi connectivity index (χ1) is 3.41. The maximum atomic E-state index is 8.06. The Hall–Kier alpha value is -0.720. The third-order valence-corrected chi connectivity index (χ3v) is 0.569. The Bertz CT molecular complexity index is 72.2. The van der Waals surface area contributed by atoms with E-state index in [0.717, 1.165) is 12.7 Å². The fourth-order valence-corrected chi connectivity index (χ4v) is 0.264. The van der Waals surface area contributed by atoms with E-state index in [4.69, 9.17) is 5.11 Å². The van der Waals surface area contributed by atoms with Gasteiger partial charge in [0.05, 0.1) is 6.26 Å². The summed E-state index contributed by atoms with van der Waals surface area (Å²) in [5, 5.41) is 8.06. The minimum atomic E-state index is 1.02. The minimum Gasteiger partial charge on any atom is -0.516 e. The smallest absolute Gasteiger partial charge is 0.0791 e. The van der Waals surface area contributed by atoms with Gasteiger partial charge in [-0.25, -0.2) is 0 Å². The van der Waals surface area contributed by atoms with Crippen molar-refractivity contribution in [3.63, 3.8) is 0 Å². The van der Waals surface area contributed by atoms with E-state index in [2.05, 4.69) is 0 Å². The molecule has 0 aliphatic carbocycles. The van der Waals surface area contributed by atoms with Gasteiger partial charge in [-0.2, -0.15) is 0 Å². The molecule has 0 rings (SSSR count). The average molecular weight is 98.1 g/mol. The van der Waals surface area contributed by atoms with Gasteiger partial charge in [-0.15, -0.1) is 0 Å². The molecule has 0 atom stereocenters. The summed E-state index contributed by atoms with van der Waals surface area (Å²) in [5.41, 5.74) is 0. The summed E-state index contributed by atoms with van der Waals surface area (Å²) < 4.78 is 0. The monoisotopic (exact) mass is 98.1 g/mol. The maximum absolute atomic E-state index is 8.06. The van der Waals surface area contributed by atoms with Crippen molar-refractivity contribution >= 4 is 0 Å². The zero-order valence-electron chi connectivity index (χ0n) is 4.46. The molecule has 0 saturated carbocycles. The summed E-state index contributed by atoms with van der Waals surface area (Å²) in [6, 6.07) is 0. The number of allylic oxidation sites excluding steroid dienone is 3. The van der Waals surface area contributed by atoms with Crippen molar-refractivity contribution in [2.24, 2.45) is 0 Å². The maximum Gasteiger partial charge on any atom is 0.0791 e. The van der Waals surface area contributed by atoms with Gasteiger partial charge in [0.25, 0.3) is 0 Å². The first-order valence-corrected chi connectivity index (χ1v) is 2.37. The van der Waals surface area contributed by atoms with E-state index in [1.54, 1.807) is 12.2 Å². The third kappa shape index (κ3) is 5.28. The van der Waals surface area contributed by atoms with Gasteiger partial charge in [-0.3, -0.25) is 0 Å². The molecule has 0 aliphatic rings. The molecule has 0 bridgehead atoms. The second-order valence-corrected chi connectivity index (χ2v) is 1.18.